The Morgan fingerprint density at radius 3 is 1.19 bits per heavy atom. The predicted octanol–water partition coefficient (Wildman–Crippen LogP) is 4.94. The molecule has 0 saturated carbocycles. The third kappa shape index (κ3) is 4.41. The minimum Gasteiger partial charge on any atom is -0.381 e. The van der Waals surface area contributed by atoms with E-state index in [0.29, 0.717) is 11.1 Å². The Hall–Kier alpha value is -2.39. The van der Waals surface area contributed by atoms with E-state index in [0.717, 1.165) is 33.4 Å². The molecule has 2 rings (SSSR count). The molecule has 0 aliphatic rings. The number of carbonyl (C=O) groups excluding carboxylic acids is 2. The number of carbonyl (C=O) groups is 2. The maximum Gasteiger partial charge on any atom is 0.423 e. The second kappa shape index (κ2) is 7.88. The smallest absolute Gasteiger partial charge is 0.381 e. The van der Waals surface area contributed by atoms with Gasteiger partial charge in [-0.25, -0.2) is 14.2 Å². The van der Waals surface area contributed by atoms with Crippen molar-refractivity contribution in [2.24, 2.45) is 0 Å². The molecule has 5 nitrogen and oxygen atoms in total. The highest BCUT2D eigenvalue weighted by Crippen LogP contribution is 2.30. The van der Waals surface area contributed by atoms with Crippen molar-refractivity contribution >= 4 is 20.2 Å². The van der Waals surface area contributed by atoms with Crippen LogP contribution in [0.3, 0.4) is 0 Å². The first-order chi connectivity index (χ1) is 12.1. The van der Waals surface area contributed by atoms with Crippen molar-refractivity contribution in [2.75, 3.05) is 0 Å². The van der Waals surface area contributed by atoms with Crippen LogP contribution < -0.4 is 0 Å². The first-order valence-electron chi connectivity index (χ1n) is 8.24. The van der Waals surface area contributed by atoms with E-state index in [1.807, 2.05) is 38.1 Å². The molecule has 0 saturated heterocycles. The number of aryl methyl sites for hydroxylation is 6. The average molecular weight is 374 g/mol. The maximum absolute atomic E-state index is 12.3. The quantitative estimate of drug-likeness (QED) is 0.709. The summed E-state index contributed by atoms with van der Waals surface area (Å²) in [4.78, 5) is 24.6. The van der Waals surface area contributed by atoms with E-state index in [4.69, 9.17) is 9.05 Å². The van der Waals surface area contributed by atoms with Crippen LogP contribution in [0.2, 0.25) is 0 Å². The largest absolute Gasteiger partial charge is 0.423 e. The Kier molecular flexibility index (Phi) is 6.04. The Morgan fingerprint density at radius 2 is 0.923 bits per heavy atom. The summed E-state index contributed by atoms with van der Waals surface area (Å²) in [6.07, 6.45) is 0. The summed E-state index contributed by atoms with van der Waals surface area (Å²) in [5, 5.41) is 0. The highest BCUT2D eigenvalue weighted by Gasteiger charge is 2.21. The monoisotopic (exact) mass is 374 g/mol. The summed E-state index contributed by atoms with van der Waals surface area (Å²) in [6, 6.07) is 7.36. The molecule has 0 N–H and O–H groups in total. The van der Waals surface area contributed by atoms with Crippen molar-refractivity contribution in [1.29, 1.82) is 0 Å². The van der Waals surface area contributed by atoms with E-state index in [9.17, 15) is 14.2 Å². The highest BCUT2D eigenvalue weighted by molar-refractivity contribution is 7.34. The third-order valence-electron chi connectivity index (χ3n) is 4.11. The summed E-state index contributed by atoms with van der Waals surface area (Å²) in [6.45, 7) is 11.0. The summed E-state index contributed by atoms with van der Waals surface area (Å²) in [5.41, 5.74) is 5.60. The molecular weight excluding hydrogens is 351 g/mol. The maximum atomic E-state index is 12.3. The Balaban J connectivity index is 2.14. The molecule has 0 fully saturated rings. The fraction of sp³-hybridized carbons (Fsp3) is 0.300. The first-order valence-corrected chi connectivity index (χ1v) is 9.46. The predicted molar refractivity (Wildman–Crippen MR) is 101 cm³/mol. The van der Waals surface area contributed by atoms with E-state index in [2.05, 4.69) is 0 Å². The molecule has 0 atom stereocenters. The molecule has 2 aromatic rings. The lowest BCUT2D eigenvalue weighted by Crippen LogP contribution is -2.09. The van der Waals surface area contributed by atoms with Crippen molar-refractivity contribution in [3.63, 3.8) is 0 Å². The van der Waals surface area contributed by atoms with Gasteiger partial charge in [-0.05, 0) is 63.8 Å². The SMILES string of the molecule is Cc1cc(C)c(C(=O)O[PH](=O)OC(=O)c2c(C)cc(C)cc2C)c(C)c1. The van der Waals surface area contributed by atoms with Crippen molar-refractivity contribution in [1.82, 2.24) is 0 Å². The van der Waals surface area contributed by atoms with Crippen LogP contribution >= 0.6 is 8.25 Å². The first kappa shape index (κ1) is 19.9. The molecule has 0 spiro atoms. The van der Waals surface area contributed by atoms with Gasteiger partial charge in [0.15, 0.2) is 0 Å². The van der Waals surface area contributed by atoms with Gasteiger partial charge < -0.3 is 9.05 Å². The second-order valence-electron chi connectivity index (χ2n) is 6.58. The fourth-order valence-corrected chi connectivity index (χ4v) is 3.83. The van der Waals surface area contributed by atoms with E-state index >= 15 is 0 Å². The molecule has 0 aliphatic carbocycles. The Morgan fingerprint density at radius 1 is 0.654 bits per heavy atom. The Labute approximate surface area is 154 Å². The zero-order valence-corrected chi connectivity index (χ0v) is 16.9. The van der Waals surface area contributed by atoms with Crippen LogP contribution in [-0.4, -0.2) is 11.9 Å². The second-order valence-corrected chi connectivity index (χ2v) is 7.48. The number of hydrogen-bond donors (Lipinski definition) is 0. The van der Waals surface area contributed by atoms with Crippen molar-refractivity contribution in [3.8, 4) is 0 Å². The van der Waals surface area contributed by atoms with Gasteiger partial charge in [-0.3, -0.25) is 0 Å². The lowest BCUT2D eigenvalue weighted by atomic mass is 10.0. The lowest BCUT2D eigenvalue weighted by molar-refractivity contribution is 0.0652. The van der Waals surface area contributed by atoms with Gasteiger partial charge in [-0.2, -0.15) is 0 Å². The van der Waals surface area contributed by atoms with Gasteiger partial charge in [0, 0.05) is 0 Å². The van der Waals surface area contributed by atoms with Crippen molar-refractivity contribution < 1.29 is 23.2 Å². The Bertz CT molecular complexity index is 795. The van der Waals surface area contributed by atoms with Gasteiger partial charge in [0.1, 0.15) is 0 Å². The van der Waals surface area contributed by atoms with E-state index in [1.165, 1.54) is 0 Å². The topological polar surface area (TPSA) is 69.7 Å². The summed E-state index contributed by atoms with van der Waals surface area (Å²) < 4.78 is 21.9. The van der Waals surface area contributed by atoms with Crippen LogP contribution in [0.5, 0.6) is 0 Å². The van der Waals surface area contributed by atoms with E-state index in [-0.39, 0.29) is 0 Å². The minimum atomic E-state index is -3.32. The molecular formula is C20H23O5P. The molecule has 0 radical (unpaired) electrons. The molecule has 0 aliphatic heterocycles. The highest BCUT2D eigenvalue weighted by atomic mass is 31.1. The minimum absolute atomic E-state index is 0.340. The van der Waals surface area contributed by atoms with Crippen molar-refractivity contribution in [3.05, 3.63) is 68.8 Å². The summed E-state index contributed by atoms with van der Waals surface area (Å²) >= 11 is 0. The zero-order valence-electron chi connectivity index (χ0n) is 15.9. The molecule has 0 heterocycles. The molecule has 0 unspecified atom stereocenters. The number of rotatable bonds is 4. The molecule has 0 aromatic heterocycles. The normalized spacial score (nSPS) is 10.7. The standard InChI is InChI=1S/C20H23O5P/c1-11-7-13(3)17(14(4)8-11)19(21)24-26(23)25-20(22)18-15(5)9-12(2)10-16(18)6/h7-10,26H,1-6H3. The van der Waals surface area contributed by atoms with Crippen LogP contribution in [0.15, 0.2) is 24.3 Å². The van der Waals surface area contributed by atoms with Gasteiger partial charge in [-0.15, -0.1) is 0 Å². The van der Waals surface area contributed by atoms with Gasteiger partial charge in [0.25, 0.3) is 0 Å². The fourth-order valence-electron chi connectivity index (χ4n) is 3.28. The number of hydrogen-bond acceptors (Lipinski definition) is 5. The van der Waals surface area contributed by atoms with Crippen LogP contribution in [0.4, 0.5) is 0 Å². The molecule has 138 valence electrons. The van der Waals surface area contributed by atoms with Crippen LogP contribution in [-0.2, 0) is 13.6 Å². The van der Waals surface area contributed by atoms with Crippen LogP contribution in [0.1, 0.15) is 54.1 Å². The van der Waals surface area contributed by atoms with Crippen LogP contribution in [0.25, 0.3) is 0 Å². The van der Waals surface area contributed by atoms with E-state index < -0.39 is 20.2 Å². The van der Waals surface area contributed by atoms with E-state index in [1.54, 1.807) is 27.7 Å². The lowest BCUT2D eigenvalue weighted by Gasteiger charge is -2.12. The summed E-state index contributed by atoms with van der Waals surface area (Å²) in [5.74, 6) is -1.51. The molecule has 26 heavy (non-hydrogen) atoms. The molecule has 6 heteroatoms. The van der Waals surface area contributed by atoms with Gasteiger partial charge in [-0.1, -0.05) is 35.4 Å². The van der Waals surface area contributed by atoms with Gasteiger partial charge >= 0.3 is 20.2 Å². The summed E-state index contributed by atoms with van der Waals surface area (Å²) in [7, 11) is -3.32. The van der Waals surface area contributed by atoms with Gasteiger partial charge in [0.05, 0.1) is 11.1 Å². The zero-order chi connectivity index (χ0) is 19.6. The third-order valence-corrected chi connectivity index (χ3v) is 4.82. The molecule has 0 bridgehead atoms. The molecule has 2 aromatic carbocycles. The average Bonchev–Trinajstić information content (AvgIpc) is 2.44. The van der Waals surface area contributed by atoms with Crippen molar-refractivity contribution in [2.45, 2.75) is 41.5 Å². The van der Waals surface area contributed by atoms with Crippen LogP contribution in [0, 0.1) is 41.5 Å². The van der Waals surface area contributed by atoms with Gasteiger partial charge in [0.2, 0.25) is 0 Å². The number of benzene rings is 2. The molecule has 0 amide bonds.